The Morgan fingerprint density at radius 1 is 1.09 bits per heavy atom. The van der Waals surface area contributed by atoms with Gasteiger partial charge >= 0.3 is 0 Å². The van der Waals surface area contributed by atoms with Gasteiger partial charge < -0.3 is 28.4 Å². The van der Waals surface area contributed by atoms with Crippen LogP contribution in [0, 0.1) is 17.8 Å². The van der Waals surface area contributed by atoms with Crippen LogP contribution in [0.15, 0.2) is 59.1 Å². The molecule has 1 saturated carbocycles. The Labute approximate surface area is 317 Å². The molecule has 3 aromatic rings. The number of hydrogen-bond acceptors (Lipinski definition) is 8. The number of rotatable bonds is 4. The molecule has 2 amide bonds. The topological polar surface area (TPSA) is 121 Å². The third-order valence-corrected chi connectivity index (χ3v) is 13.2. The third kappa shape index (κ3) is 8.30. The van der Waals surface area contributed by atoms with Crippen LogP contribution in [-0.4, -0.2) is 66.4 Å². The number of nitrogens with one attached hydrogen (secondary N) is 1. The maximum absolute atomic E-state index is 14.8. The van der Waals surface area contributed by atoms with E-state index in [1.54, 1.807) is 25.4 Å². The second-order valence-corrected chi connectivity index (χ2v) is 17.1. The summed E-state index contributed by atoms with van der Waals surface area (Å²) in [5.74, 6) is 0.181. The van der Waals surface area contributed by atoms with Crippen molar-refractivity contribution in [3.05, 3.63) is 87.7 Å². The highest BCUT2D eigenvalue weighted by Crippen LogP contribution is 2.42. The van der Waals surface area contributed by atoms with Crippen molar-refractivity contribution < 1.29 is 32.7 Å². The van der Waals surface area contributed by atoms with Crippen LogP contribution in [0.4, 0.5) is 5.69 Å². The van der Waals surface area contributed by atoms with E-state index in [1.807, 2.05) is 23.6 Å². The van der Waals surface area contributed by atoms with Crippen molar-refractivity contribution in [2.75, 3.05) is 44.6 Å². The molecule has 284 valence electrons. The van der Waals surface area contributed by atoms with E-state index in [1.165, 1.54) is 18.2 Å². The fourth-order valence-electron chi connectivity index (χ4n) is 8.02. The molecular formula is C40H49ClN4O7S. The highest BCUT2D eigenvalue weighted by molar-refractivity contribution is 7.92. The van der Waals surface area contributed by atoms with Crippen LogP contribution < -0.4 is 19.1 Å². The monoisotopic (exact) mass is 764 g/mol. The molecule has 0 radical (unpaired) electrons. The summed E-state index contributed by atoms with van der Waals surface area (Å²) in [4.78, 5) is 30.3. The van der Waals surface area contributed by atoms with Crippen LogP contribution in [0.25, 0.3) is 0 Å². The molecule has 2 aromatic carbocycles. The molecule has 4 heterocycles. The molecule has 1 unspecified atom stereocenters. The highest BCUT2D eigenvalue weighted by atomic mass is 35.5. The van der Waals surface area contributed by atoms with Crippen molar-refractivity contribution in [2.24, 2.45) is 22.1 Å². The SMILES string of the molecule is COc1c(C(=O)NS2(=O)=NC(=O)c3ccc4c(c3)N(Cc3ccc(Cl)cc3CCCCO4)C[C@@H]3CC[C@H]3[C@@H](OC)/C=C/C[C@H](C)C2)cn2c1COCC2. The van der Waals surface area contributed by atoms with Gasteiger partial charge in [-0.2, -0.15) is 0 Å². The quantitative estimate of drug-likeness (QED) is 0.283. The molecule has 0 spiro atoms. The van der Waals surface area contributed by atoms with Gasteiger partial charge in [-0.25, -0.2) is 4.21 Å². The Balaban J connectivity index is 1.31. The van der Waals surface area contributed by atoms with Crippen molar-refractivity contribution in [2.45, 2.75) is 71.2 Å². The molecule has 1 aromatic heterocycles. The summed E-state index contributed by atoms with van der Waals surface area (Å²) < 4.78 is 47.4. The summed E-state index contributed by atoms with van der Waals surface area (Å²) in [7, 11) is -0.376. The van der Waals surface area contributed by atoms with Crippen LogP contribution in [-0.2, 0) is 45.5 Å². The Hall–Kier alpha value is -3.84. The lowest BCUT2D eigenvalue weighted by molar-refractivity contribution is 0.0133. The van der Waals surface area contributed by atoms with E-state index in [-0.39, 0.29) is 28.9 Å². The normalized spacial score (nSPS) is 26.9. The number of aromatic nitrogens is 1. The summed E-state index contributed by atoms with van der Waals surface area (Å²) in [5.41, 5.74) is 4.35. The zero-order valence-electron chi connectivity index (χ0n) is 30.7. The number of halogens is 1. The zero-order chi connectivity index (χ0) is 37.1. The minimum Gasteiger partial charge on any atom is -0.494 e. The first-order chi connectivity index (χ1) is 25.6. The second-order valence-electron chi connectivity index (χ2n) is 14.7. The van der Waals surface area contributed by atoms with Crippen molar-refractivity contribution in [1.29, 1.82) is 0 Å². The van der Waals surface area contributed by atoms with Crippen LogP contribution in [0.2, 0.25) is 5.02 Å². The average Bonchev–Trinajstić information content (AvgIpc) is 3.50. The smallest absolute Gasteiger partial charge is 0.286 e. The fourth-order valence-corrected chi connectivity index (χ4v) is 10.1. The number of carbonyl (C=O) groups excluding carboxylic acids is 2. The predicted octanol–water partition coefficient (Wildman–Crippen LogP) is 6.99. The molecule has 1 N–H and O–H groups in total. The number of fused-ring (bicyclic) bond motifs is 4. The van der Waals surface area contributed by atoms with E-state index in [4.69, 9.17) is 30.5 Å². The summed E-state index contributed by atoms with van der Waals surface area (Å²) in [5, 5.41) is 0.709. The Morgan fingerprint density at radius 3 is 2.75 bits per heavy atom. The van der Waals surface area contributed by atoms with Gasteiger partial charge in [-0.3, -0.25) is 14.3 Å². The van der Waals surface area contributed by atoms with Crippen LogP contribution >= 0.6 is 11.6 Å². The van der Waals surface area contributed by atoms with Crippen molar-refractivity contribution >= 4 is 39.0 Å². The van der Waals surface area contributed by atoms with Gasteiger partial charge in [0.25, 0.3) is 11.8 Å². The fraction of sp³-hybridized carbons (Fsp3) is 0.500. The second kappa shape index (κ2) is 16.3. The lowest BCUT2D eigenvalue weighted by Gasteiger charge is -2.43. The standard InChI is InChI=1S/C40H49ClN4O7S/c1-26-7-6-9-36(49-2)32-14-11-30(32)22-45-21-29-10-13-31(41)19-27(29)8-4-5-17-52-37-15-12-28(20-34(37)45)39(46)42-53(48,25-26)43-40(47)33-23-44-16-18-51-24-35(44)38(33)50-3/h6,9-10,12-13,15,19-20,23,26,30,32,36H,4-5,7-8,11,14,16-18,21-22,24-25H2,1-3H3,(H,42,43,46,47,48)/b9-6+/t26-,30-,32+,36-,53?/m0/s1. The van der Waals surface area contributed by atoms with Crippen LogP contribution in [0.3, 0.4) is 0 Å². The number of ether oxygens (including phenoxy) is 4. The molecule has 11 nitrogen and oxygen atoms in total. The summed E-state index contributed by atoms with van der Waals surface area (Å²) in [6.07, 6.45) is 11.1. The minimum atomic E-state index is -3.62. The van der Waals surface area contributed by atoms with E-state index in [9.17, 15) is 13.8 Å². The molecule has 1 fully saturated rings. The summed E-state index contributed by atoms with van der Waals surface area (Å²) in [6.45, 7) is 5.14. The first-order valence-corrected chi connectivity index (χ1v) is 20.6. The van der Waals surface area contributed by atoms with Crippen molar-refractivity contribution in [1.82, 2.24) is 9.29 Å². The number of nitrogens with zero attached hydrogens (tertiary/aromatic N) is 3. The number of allylic oxidation sites excluding steroid dienone is 1. The molecule has 4 aliphatic rings. The Morgan fingerprint density at radius 2 is 1.96 bits per heavy atom. The van der Waals surface area contributed by atoms with Gasteiger partial charge in [0.2, 0.25) is 0 Å². The van der Waals surface area contributed by atoms with Gasteiger partial charge in [-0.15, -0.1) is 4.36 Å². The summed E-state index contributed by atoms with van der Waals surface area (Å²) >= 11 is 6.48. The summed E-state index contributed by atoms with van der Waals surface area (Å²) in [6, 6.07) is 11.4. The van der Waals surface area contributed by atoms with E-state index < -0.39 is 21.7 Å². The highest BCUT2D eigenvalue weighted by Gasteiger charge is 2.38. The minimum absolute atomic E-state index is 0.0307. The number of carbonyl (C=O) groups is 2. The number of benzene rings is 2. The van der Waals surface area contributed by atoms with E-state index in [0.717, 1.165) is 50.0 Å². The number of methoxy groups -OCH3 is 2. The first kappa shape index (κ1) is 37.5. The predicted molar refractivity (Wildman–Crippen MR) is 205 cm³/mol. The molecule has 5 atom stereocenters. The lowest BCUT2D eigenvalue weighted by atomic mass is 9.70. The third-order valence-electron chi connectivity index (χ3n) is 11.0. The largest absolute Gasteiger partial charge is 0.494 e. The number of aryl methyl sites for hydroxylation is 1. The van der Waals surface area contributed by atoms with Gasteiger partial charge in [-0.1, -0.05) is 36.7 Å². The molecule has 2 bridgehead atoms. The number of anilines is 1. The van der Waals surface area contributed by atoms with Gasteiger partial charge in [0.05, 0.1) is 50.2 Å². The van der Waals surface area contributed by atoms with E-state index in [0.29, 0.717) is 67.7 Å². The number of amides is 2. The zero-order valence-corrected chi connectivity index (χ0v) is 32.3. The molecule has 1 aliphatic carbocycles. The first-order valence-electron chi connectivity index (χ1n) is 18.6. The van der Waals surface area contributed by atoms with E-state index >= 15 is 0 Å². The molecule has 7 rings (SSSR count). The average molecular weight is 765 g/mol. The molecule has 53 heavy (non-hydrogen) atoms. The van der Waals surface area contributed by atoms with Crippen molar-refractivity contribution in [3.63, 3.8) is 0 Å². The van der Waals surface area contributed by atoms with Gasteiger partial charge in [0.1, 0.15) is 21.2 Å². The molecule has 0 saturated heterocycles. The molecule has 3 aliphatic heterocycles. The van der Waals surface area contributed by atoms with Gasteiger partial charge in [0, 0.05) is 43.5 Å². The molecular weight excluding hydrogens is 716 g/mol. The van der Waals surface area contributed by atoms with E-state index in [2.05, 4.69) is 38.3 Å². The van der Waals surface area contributed by atoms with Crippen LogP contribution in [0.5, 0.6) is 11.5 Å². The Bertz CT molecular complexity index is 2000. The van der Waals surface area contributed by atoms with Crippen LogP contribution in [0.1, 0.15) is 76.6 Å². The van der Waals surface area contributed by atoms with Gasteiger partial charge in [-0.05, 0) is 97.7 Å². The Kier molecular flexibility index (Phi) is 11.5. The maximum Gasteiger partial charge on any atom is 0.286 e. The number of hydrogen-bond donors (Lipinski definition) is 1. The maximum atomic E-state index is 14.8. The molecule has 13 heteroatoms. The van der Waals surface area contributed by atoms with Gasteiger partial charge in [0.15, 0.2) is 5.75 Å². The lowest BCUT2D eigenvalue weighted by Crippen LogP contribution is -2.43. The van der Waals surface area contributed by atoms with Crippen molar-refractivity contribution in [3.8, 4) is 11.5 Å².